The Morgan fingerprint density at radius 2 is 1.14 bits per heavy atom. The Balaban J connectivity index is 5.83. The molecule has 0 fully saturated rings. The monoisotopic (exact) mass is 412 g/mol. The molecule has 0 saturated carbocycles. The third-order valence-corrected chi connectivity index (χ3v) is 3.85. The molecule has 0 rings (SSSR count). The first-order chi connectivity index (χ1) is 12.9. The van der Waals surface area contributed by atoms with E-state index in [1.165, 1.54) is 0 Å². The zero-order chi connectivity index (χ0) is 22.2. The Morgan fingerprint density at radius 1 is 0.714 bits per heavy atom. The molecule has 8 atom stereocenters. The fourth-order valence-corrected chi connectivity index (χ4v) is 2.32. The average Bonchev–Trinajstić information content (AvgIpc) is 2.63. The van der Waals surface area contributed by atoms with Crippen molar-refractivity contribution in [3.8, 4) is 0 Å². The fourth-order valence-electron chi connectivity index (χ4n) is 2.32. The smallest absolute Gasteiger partial charge is 0.303 e. The first kappa shape index (κ1) is 26.5. The Labute approximate surface area is 160 Å². The topological polar surface area (TPSA) is 211 Å². The summed E-state index contributed by atoms with van der Waals surface area (Å²) in [5, 5.41) is 66.8. The van der Waals surface area contributed by atoms with E-state index in [-0.39, 0.29) is 0 Å². The third kappa shape index (κ3) is 7.48. The van der Waals surface area contributed by atoms with E-state index < -0.39 is 79.6 Å². The van der Waals surface area contributed by atoms with E-state index in [2.05, 4.69) is 0 Å². The number of aliphatic hydroxyl groups is 7. The summed E-state index contributed by atoms with van der Waals surface area (Å²) >= 11 is 0. The number of ketones is 2. The van der Waals surface area contributed by atoms with Gasteiger partial charge in [-0.15, -0.1) is 0 Å². The second kappa shape index (κ2) is 12.1. The second-order valence-corrected chi connectivity index (χ2v) is 6.24. The van der Waals surface area contributed by atoms with Crippen molar-refractivity contribution in [2.45, 2.75) is 69.6 Å². The van der Waals surface area contributed by atoms with Crippen LogP contribution in [0.25, 0.3) is 0 Å². The Hall–Kier alpha value is -1.51. The van der Waals surface area contributed by atoms with Crippen LogP contribution in [-0.2, 0) is 23.9 Å². The van der Waals surface area contributed by atoms with Crippen LogP contribution >= 0.6 is 0 Å². The number of esters is 1. The van der Waals surface area contributed by atoms with Crippen molar-refractivity contribution in [1.29, 1.82) is 0 Å². The lowest BCUT2D eigenvalue weighted by molar-refractivity contribution is -0.199. The molecule has 164 valence electrons. The van der Waals surface area contributed by atoms with Gasteiger partial charge in [-0.1, -0.05) is 0 Å². The van der Waals surface area contributed by atoms with Crippen LogP contribution in [0.5, 0.6) is 0 Å². The van der Waals surface area contributed by atoms with Gasteiger partial charge in [0, 0.05) is 6.92 Å². The van der Waals surface area contributed by atoms with Gasteiger partial charge in [-0.25, -0.2) is 0 Å². The van der Waals surface area contributed by atoms with E-state index in [1.807, 2.05) is 0 Å². The third-order valence-electron chi connectivity index (χ3n) is 3.85. The minimum atomic E-state index is -2.10. The number of ether oxygens (including phenoxy) is 2. The minimum absolute atomic E-state index is 0.883. The Kier molecular flexibility index (Phi) is 11.5. The molecule has 7 N–H and O–H groups in total. The van der Waals surface area contributed by atoms with Crippen molar-refractivity contribution in [2.24, 2.45) is 0 Å². The minimum Gasteiger partial charge on any atom is -0.456 e. The van der Waals surface area contributed by atoms with Crippen LogP contribution < -0.4 is 0 Å². The van der Waals surface area contributed by atoms with E-state index in [0.29, 0.717) is 0 Å². The van der Waals surface area contributed by atoms with Gasteiger partial charge in [0.05, 0.1) is 13.2 Å². The van der Waals surface area contributed by atoms with Crippen LogP contribution in [0.1, 0.15) is 20.8 Å². The quantitative estimate of drug-likeness (QED) is 0.143. The van der Waals surface area contributed by atoms with Crippen molar-refractivity contribution < 1.29 is 59.6 Å². The van der Waals surface area contributed by atoms with Crippen LogP contribution in [0.4, 0.5) is 0 Å². The lowest BCUT2D eigenvalue weighted by Gasteiger charge is -2.34. The number of carbonyl (C=O) groups is 3. The molecule has 0 spiro atoms. The van der Waals surface area contributed by atoms with Gasteiger partial charge < -0.3 is 45.2 Å². The number of hydrogen-bond donors (Lipinski definition) is 7. The molecule has 0 amide bonds. The summed E-state index contributed by atoms with van der Waals surface area (Å²) in [6.07, 6.45) is -15.5. The van der Waals surface area contributed by atoms with E-state index >= 15 is 0 Å². The Morgan fingerprint density at radius 3 is 1.50 bits per heavy atom. The summed E-state index contributed by atoms with van der Waals surface area (Å²) in [6, 6.07) is 0. The number of carbonyl (C=O) groups excluding carboxylic acids is 3. The van der Waals surface area contributed by atoms with E-state index in [4.69, 9.17) is 19.7 Å². The summed E-state index contributed by atoms with van der Waals surface area (Å²) in [4.78, 5) is 35.2. The molecule has 12 nitrogen and oxygen atoms in total. The van der Waals surface area contributed by atoms with Crippen molar-refractivity contribution >= 4 is 17.5 Å². The zero-order valence-corrected chi connectivity index (χ0v) is 15.7. The highest BCUT2D eigenvalue weighted by atomic mass is 16.6. The lowest BCUT2D eigenvalue weighted by atomic mass is 9.97. The summed E-state index contributed by atoms with van der Waals surface area (Å²) in [5.74, 6) is -2.77. The first-order valence-electron chi connectivity index (χ1n) is 8.34. The van der Waals surface area contributed by atoms with Crippen molar-refractivity contribution in [3.05, 3.63) is 0 Å². The lowest BCUT2D eigenvalue weighted by Crippen LogP contribution is -2.56. The van der Waals surface area contributed by atoms with Gasteiger partial charge >= 0.3 is 5.97 Å². The SMILES string of the molecule is CC(=O)O[C@@H]([C@H](O)[C@H](O)CO)[C@@H](O[C@@H](C(C)=O)[C@@H](O)[C@H](O)[C@H](O)CO)C(C)=O. The molecule has 0 radical (unpaired) electrons. The molecule has 0 aliphatic carbocycles. The largest absolute Gasteiger partial charge is 0.456 e. The van der Waals surface area contributed by atoms with Gasteiger partial charge in [-0.2, -0.15) is 0 Å². The van der Waals surface area contributed by atoms with Gasteiger partial charge in [0.2, 0.25) is 0 Å². The summed E-state index contributed by atoms with van der Waals surface area (Å²) in [5.41, 5.74) is 0. The highest BCUT2D eigenvalue weighted by Crippen LogP contribution is 2.19. The average molecular weight is 412 g/mol. The van der Waals surface area contributed by atoms with Gasteiger partial charge in [0.15, 0.2) is 23.8 Å². The molecule has 0 aliphatic rings. The molecule has 0 bridgehead atoms. The predicted molar refractivity (Wildman–Crippen MR) is 89.8 cm³/mol. The molecule has 0 aromatic heterocycles. The van der Waals surface area contributed by atoms with Crippen LogP contribution in [-0.4, -0.2) is 115 Å². The highest BCUT2D eigenvalue weighted by molar-refractivity contribution is 5.84. The van der Waals surface area contributed by atoms with Crippen LogP contribution in [0.3, 0.4) is 0 Å². The summed E-state index contributed by atoms with van der Waals surface area (Å²) < 4.78 is 10.00. The van der Waals surface area contributed by atoms with Crippen molar-refractivity contribution in [1.82, 2.24) is 0 Å². The van der Waals surface area contributed by atoms with Crippen LogP contribution in [0.2, 0.25) is 0 Å². The maximum atomic E-state index is 12.0. The van der Waals surface area contributed by atoms with Gasteiger partial charge in [-0.05, 0) is 13.8 Å². The molecular weight excluding hydrogens is 384 g/mol. The highest BCUT2D eigenvalue weighted by Gasteiger charge is 2.43. The Bertz CT molecular complexity index is 524. The standard InChI is InChI=1S/C16H28O12/c1-6(19)14(13(26)11(24)9(22)4-17)28-15(7(2)20)16(27-8(3)21)12(25)10(23)5-18/h9-18,22-26H,4-5H2,1-3H3/t9-,10-,11-,12-,13+,14+,15+,16+/m1/s1. The molecule has 28 heavy (non-hydrogen) atoms. The van der Waals surface area contributed by atoms with Gasteiger partial charge in [0.1, 0.15) is 36.6 Å². The number of aliphatic hydroxyl groups excluding tert-OH is 7. The van der Waals surface area contributed by atoms with Gasteiger partial charge in [0.25, 0.3) is 0 Å². The van der Waals surface area contributed by atoms with Crippen LogP contribution in [0.15, 0.2) is 0 Å². The van der Waals surface area contributed by atoms with E-state index in [0.717, 1.165) is 20.8 Å². The predicted octanol–water partition coefficient (Wildman–Crippen LogP) is -4.36. The molecule has 0 saturated heterocycles. The van der Waals surface area contributed by atoms with E-state index in [1.54, 1.807) is 0 Å². The van der Waals surface area contributed by atoms with Crippen LogP contribution in [0, 0.1) is 0 Å². The molecule has 0 heterocycles. The van der Waals surface area contributed by atoms with Crippen molar-refractivity contribution in [3.63, 3.8) is 0 Å². The second-order valence-electron chi connectivity index (χ2n) is 6.24. The summed E-state index contributed by atoms with van der Waals surface area (Å²) in [7, 11) is 0. The molecule has 0 aromatic carbocycles. The molecule has 0 unspecified atom stereocenters. The fraction of sp³-hybridized carbons (Fsp3) is 0.812. The van der Waals surface area contributed by atoms with Gasteiger partial charge in [-0.3, -0.25) is 14.4 Å². The summed E-state index contributed by atoms with van der Waals surface area (Å²) in [6.45, 7) is 0.909. The number of Topliss-reactive ketones (excluding diaryl/α,β-unsaturated/α-hetero) is 2. The molecule has 0 aliphatic heterocycles. The van der Waals surface area contributed by atoms with E-state index in [9.17, 15) is 39.9 Å². The zero-order valence-electron chi connectivity index (χ0n) is 15.7. The first-order valence-corrected chi connectivity index (χ1v) is 8.34. The van der Waals surface area contributed by atoms with Crippen molar-refractivity contribution in [2.75, 3.05) is 13.2 Å². The molecule has 0 aromatic rings. The normalized spacial score (nSPS) is 20.2. The maximum Gasteiger partial charge on any atom is 0.303 e. The number of hydrogen-bond acceptors (Lipinski definition) is 12. The molecular formula is C16H28O12. The molecule has 12 heteroatoms. The number of rotatable bonds is 13. The maximum absolute atomic E-state index is 12.0.